The first kappa shape index (κ1) is 29.3. The molecule has 0 bridgehead atoms. The third-order valence-electron chi connectivity index (χ3n) is 10.2. The van der Waals surface area contributed by atoms with E-state index in [0.29, 0.717) is 5.89 Å². The van der Waals surface area contributed by atoms with Crippen molar-refractivity contribution in [1.29, 1.82) is 0 Å². The molecule has 0 radical (unpaired) electrons. The van der Waals surface area contributed by atoms with Gasteiger partial charge in [0.15, 0.2) is 5.58 Å². The minimum Gasteiger partial charge on any atom is -0.436 e. The zero-order valence-corrected chi connectivity index (χ0v) is 27.8. The zero-order chi connectivity index (χ0) is 33.7. The highest BCUT2D eigenvalue weighted by molar-refractivity contribution is 6.11. The van der Waals surface area contributed by atoms with Gasteiger partial charge in [0, 0.05) is 44.9 Å². The summed E-state index contributed by atoms with van der Waals surface area (Å²) in [4.78, 5) is 9.97. The fourth-order valence-electron chi connectivity index (χ4n) is 7.92. The Hall–Kier alpha value is -6.65. The molecule has 1 aliphatic heterocycles. The van der Waals surface area contributed by atoms with Gasteiger partial charge >= 0.3 is 0 Å². The Morgan fingerprint density at radius 3 is 2.10 bits per heavy atom. The first-order valence-electron chi connectivity index (χ1n) is 17.5. The molecule has 0 saturated heterocycles. The second-order valence-electron chi connectivity index (χ2n) is 13.1. The third-order valence-corrected chi connectivity index (χ3v) is 10.2. The van der Waals surface area contributed by atoms with E-state index in [9.17, 15) is 0 Å². The van der Waals surface area contributed by atoms with Crippen LogP contribution in [-0.4, -0.2) is 11.0 Å². The van der Waals surface area contributed by atoms with E-state index in [1.165, 1.54) is 16.9 Å². The monoisotopic (exact) mass is 655 g/mol. The van der Waals surface area contributed by atoms with Gasteiger partial charge in [-0.25, -0.2) is 4.98 Å². The molecule has 0 spiro atoms. The third kappa shape index (κ3) is 4.87. The highest BCUT2D eigenvalue weighted by atomic mass is 16.3. The van der Waals surface area contributed by atoms with Crippen molar-refractivity contribution in [1.82, 2.24) is 4.98 Å². The van der Waals surface area contributed by atoms with Gasteiger partial charge in [-0.15, -0.1) is 0 Å². The predicted molar refractivity (Wildman–Crippen MR) is 210 cm³/mol. The highest BCUT2D eigenvalue weighted by Crippen LogP contribution is 2.51. The van der Waals surface area contributed by atoms with Crippen molar-refractivity contribution >= 4 is 50.3 Å². The second-order valence-corrected chi connectivity index (χ2v) is 13.1. The molecule has 0 amide bonds. The lowest BCUT2D eigenvalue weighted by molar-refractivity contribution is 0.620. The van der Waals surface area contributed by atoms with Gasteiger partial charge in [-0.05, 0) is 71.8 Å². The van der Waals surface area contributed by atoms with Crippen molar-refractivity contribution < 1.29 is 4.42 Å². The van der Waals surface area contributed by atoms with Crippen LogP contribution in [0.15, 0.2) is 193 Å². The van der Waals surface area contributed by atoms with E-state index >= 15 is 0 Å². The summed E-state index contributed by atoms with van der Waals surface area (Å²) in [6, 6.07) is 58.2. The Morgan fingerprint density at radius 2 is 1.27 bits per heavy atom. The summed E-state index contributed by atoms with van der Waals surface area (Å²) in [7, 11) is 0. The Bertz CT molecular complexity index is 2610. The van der Waals surface area contributed by atoms with Crippen LogP contribution in [0.1, 0.15) is 11.5 Å². The summed E-state index contributed by atoms with van der Waals surface area (Å²) in [6.07, 6.45) is 9.03. The van der Waals surface area contributed by atoms with Gasteiger partial charge in [0.1, 0.15) is 5.52 Å². The maximum Gasteiger partial charge on any atom is 0.227 e. The molecule has 7 aromatic carbocycles. The van der Waals surface area contributed by atoms with Crippen LogP contribution in [-0.2, 0) is 0 Å². The smallest absolute Gasteiger partial charge is 0.227 e. The van der Waals surface area contributed by atoms with Crippen LogP contribution in [0, 0.1) is 0 Å². The number of nitrogens with zero attached hydrogens (tertiary/aromatic N) is 3. The fourth-order valence-corrected chi connectivity index (χ4v) is 7.92. The first-order valence-corrected chi connectivity index (χ1v) is 17.5. The number of hydrogen-bond donors (Lipinski definition) is 0. The van der Waals surface area contributed by atoms with Crippen molar-refractivity contribution in [2.75, 3.05) is 9.80 Å². The van der Waals surface area contributed by atoms with E-state index in [-0.39, 0.29) is 12.0 Å². The molecule has 4 nitrogen and oxygen atoms in total. The lowest BCUT2D eigenvalue weighted by atomic mass is 9.91. The SMILES string of the molecule is C1=CC2c3ccc(N(c4ccccc4-c4ccccc4)c4cccc5c4ccc4oc(-c6ccccc6)nc45)cc3N(c3ccccc3)C2C=C1. The average molecular weight is 656 g/mol. The van der Waals surface area contributed by atoms with Crippen LogP contribution in [0.3, 0.4) is 0 Å². The molecule has 0 fully saturated rings. The number of rotatable bonds is 6. The van der Waals surface area contributed by atoms with E-state index in [0.717, 1.165) is 55.6 Å². The summed E-state index contributed by atoms with van der Waals surface area (Å²) in [5, 5.41) is 2.15. The highest BCUT2D eigenvalue weighted by Gasteiger charge is 2.38. The Morgan fingerprint density at radius 1 is 0.569 bits per heavy atom. The number of para-hydroxylation sites is 2. The molecule has 1 aromatic heterocycles. The molecule has 1 aliphatic carbocycles. The van der Waals surface area contributed by atoms with Gasteiger partial charge < -0.3 is 14.2 Å². The summed E-state index contributed by atoms with van der Waals surface area (Å²) < 4.78 is 6.32. The number of aromatic nitrogens is 1. The average Bonchev–Trinajstić information content (AvgIpc) is 3.79. The van der Waals surface area contributed by atoms with Crippen LogP contribution in [0.2, 0.25) is 0 Å². The molecule has 10 rings (SSSR count). The van der Waals surface area contributed by atoms with Crippen LogP contribution in [0.5, 0.6) is 0 Å². The van der Waals surface area contributed by atoms with E-state index < -0.39 is 0 Å². The van der Waals surface area contributed by atoms with Crippen LogP contribution in [0.4, 0.5) is 28.4 Å². The minimum atomic E-state index is 0.213. The quantitative estimate of drug-likeness (QED) is 0.178. The normalized spacial score (nSPS) is 16.0. The van der Waals surface area contributed by atoms with Crippen molar-refractivity contribution in [3.05, 3.63) is 194 Å². The number of allylic oxidation sites excluding steroid dienone is 2. The molecule has 242 valence electrons. The first-order chi connectivity index (χ1) is 25.3. The van der Waals surface area contributed by atoms with Crippen molar-refractivity contribution in [2.24, 2.45) is 0 Å². The predicted octanol–water partition coefficient (Wildman–Crippen LogP) is 12.5. The van der Waals surface area contributed by atoms with Crippen molar-refractivity contribution in [3.8, 4) is 22.6 Å². The lowest BCUT2D eigenvalue weighted by Crippen LogP contribution is -2.28. The molecule has 4 heteroatoms. The van der Waals surface area contributed by atoms with Gasteiger partial charge in [-0.1, -0.05) is 127 Å². The summed E-state index contributed by atoms with van der Waals surface area (Å²) in [6.45, 7) is 0. The molecule has 2 atom stereocenters. The number of benzene rings is 7. The molecule has 2 heterocycles. The Balaban J connectivity index is 1.21. The van der Waals surface area contributed by atoms with Gasteiger partial charge in [-0.2, -0.15) is 0 Å². The zero-order valence-electron chi connectivity index (χ0n) is 27.8. The molecular weight excluding hydrogens is 623 g/mol. The number of oxazole rings is 1. The standard InChI is InChI=1S/C47H33N3O/c1-4-15-32(16-5-1)36-21-10-12-24-41(36)50(35-27-28-38-37-22-11-13-25-42(37)49(44(38)31-35)34-19-8-3-9-20-34)43-26-14-23-40-39(43)29-30-45-46(40)48-47(51-45)33-17-6-2-7-18-33/h1-31,37,42H. The Kier molecular flexibility index (Phi) is 6.91. The molecular formula is C47H33N3O. The molecule has 2 unspecified atom stereocenters. The maximum atomic E-state index is 6.32. The van der Waals surface area contributed by atoms with Gasteiger partial charge in [-0.3, -0.25) is 0 Å². The summed E-state index contributed by atoms with van der Waals surface area (Å²) in [5.74, 6) is 0.903. The molecule has 0 saturated carbocycles. The largest absolute Gasteiger partial charge is 0.436 e. The van der Waals surface area contributed by atoms with Gasteiger partial charge in [0.05, 0.1) is 17.4 Å². The van der Waals surface area contributed by atoms with Crippen LogP contribution >= 0.6 is 0 Å². The van der Waals surface area contributed by atoms with E-state index in [1.807, 2.05) is 30.3 Å². The Labute approximate surface area is 296 Å². The molecule has 51 heavy (non-hydrogen) atoms. The number of anilines is 5. The second kappa shape index (κ2) is 12.0. The summed E-state index contributed by atoms with van der Waals surface area (Å²) in [5.41, 5.74) is 11.9. The minimum absolute atomic E-state index is 0.213. The van der Waals surface area contributed by atoms with Gasteiger partial charge in [0.2, 0.25) is 5.89 Å². The van der Waals surface area contributed by atoms with Crippen molar-refractivity contribution in [2.45, 2.75) is 12.0 Å². The topological polar surface area (TPSA) is 32.5 Å². The molecule has 8 aromatic rings. The fraction of sp³-hybridized carbons (Fsp3) is 0.0426. The number of hydrogen-bond acceptors (Lipinski definition) is 4. The molecule has 2 aliphatic rings. The lowest BCUT2D eigenvalue weighted by Gasteiger charge is -2.31. The van der Waals surface area contributed by atoms with E-state index in [2.05, 4.69) is 168 Å². The molecule has 0 N–H and O–H groups in total. The van der Waals surface area contributed by atoms with Crippen LogP contribution in [0.25, 0.3) is 44.5 Å². The summed E-state index contributed by atoms with van der Waals surface area (Å²) >= 11 is 0. The van der Waals surface area contributed by atoms with Crippen LogP contribution < -0.4 is 9.80 Å². The van der Waals surface area contributed by atoms with Crippen molar-refractivity contribution in [3.63, 3.8) is 0 Å². The van der Waals surface area contributed by atoms with Gasteiger partial charge in [0.25, 0.3) is 0 Å². The van der Waals surface area contributed by atoms with E-state index in [4.69, 9.17) is 9.40 Å². The maximum absolute atomic E-state index is 6.32. The number of fused-ring (bicyclic) bond motifs is 6. The van der Waals surface area contributed by atoms with E-state index in [1.54, 1.807) is 0 Å².